The van der Waals surface area contributed by atoms with Gasteiger partial charge in [0, 0.05) is 43.4 Å². The smallest absolute Gasteiger partial charge is 0.173 e. The molecule has 3 rings (SSSR count). The summed E-state index contributed by atoms with van der Waals surface area (Å²) in [5.41, 5.74) is 3.43. The summed E-state index contributed by atoms with van der Waals surface area (Å²) in [4.78, 5) is 4.71. The van der Waals surface area contributed by atoms with Crippen molar-refractivity contribution in [2.75, 3.05) is 31.5 Å². The van der Waals surface area contributed by atoms with E-state index in [0.29, 0.717) is 0 Å². The van der Waals surface area contributed by atoms with Crippen LogP contribution in [0.5, 0.6) is 0 Å². The van der Waals surface area contributed by atoms with E-state index in [0.717, 1.165) is 54.1 Å². The summed E-state index contributed by atoms with van der Waals surface area (Å²) >= 11 is 13.5. The van der Waals surface area contributed by atoms with Crippen LogP contribution in [0.4, 0.5) is 5.69 Å². The largest absolute Gasteiger partial charge is 0.346 e. The highest BCUT2D eigenvalue weighted by molar-refractivity contribution is 7.80. The average Bonchev–Trinajstić information content (AvgIpc) is 3.04. The quantitative estimate of drug-likeness (QED) is 0.820. The van der Waals surface area contributed by atoms with Crippen LogP contribution in [0, 0.1) is 6.92 Å². The van der Waals surface area contributed by atoms with Crippen molar-refractivity contribution in [1.29, 1.82) is 0 Å². The molecule has 0 spiro atoms. The zero-order chi connectivity index (χ0) is 16.2. The Kier molecular flexibility index (Phi) is 5.54. The fourth-order valence-electron chi connectivity index (χ4n) is 2.62. The number of thiophene rings is 1. The standard InChI is InChI=1S/C17H20ClN3S2/c1-13-2-3-15(10-16(13)18)19-17(22)21-7-5-20(6-8-21)11-14-4-9-23-12-14/h2-4,9-10,12H,5-8,11H2,1H3,(H,19,22). The van der Waals surface area contributed by atoms with Crippen molar-refractivity contribution >= 4 is 46.0 Å². The maximum Gasteiger partial charge on any atom is 0.173 e. The molecule has 2 heterocycles. The molecule has 122 valence electrons. The molecule has 1 saturated heterocycles. The second kappa shape index (κ2) is 7.62. The molecule has 1 aliphatic heterocycles. The predicted octanol–water partition coefficient (Wildman–Crippen LogP) is 4.22. The number of nitrogens with zero attached hydrogens (tertiary/aromatic N) is 2. The summed E-state index contributed by atoms with van der Waals surface area (Å²) in [7, 11) is 0. The molecule has 0 unspecified atom stereocenters. The number of rotatable bonds is 3. The Morgan fingerprint density at radius 3 is 2.70 bits per heavy atom. The van der Waals surface area contributed by atoms with Crippen molar-refractivity contribution in [1.82, 2.24) is 9.80 Å². The van der Waals surface area contributed by atoms with E-state index in [2.05, 4.69) is 31.9 Å². The van der Waals surface area contributed by atoms with Gasteiger partial charge in [-0.1, -0.05) is 17.7 Å². The topological polar surface area (TPSA) is 18.5 Å². The van der Waals surface area contributed by atoms with Crippen molar-refractivity contribution in [3.8, 4) is 0 Å². The number of halogens is 1. The van der Waals surface area contributed by atoms with Gasteiger partial charge in [0.05, 0.1) is 0 Å². The van der Waals surface area contributed by atoms with Gasteiger partial charge >= 0.3 is 0 Å². The van der Waals surface area contributed by atoms with Gasteiger partial charge in [-0.3, -0.25) is 4.90 Å². The van der Waals surface area contributed by atoms with Gasteiger partial charge in [-0.05, 0) is 59.2 Å². The summed E-state index contributed by atoms with van der Waals surface area (Å²) in [6, 6.07) is 8.15. The number of benzene rings is 1. The summed E-state index contributed by atoms with van der Waals surface area (Å²) in [5.74, 6) is 0. The van der Waals surface area contributed by atoms with Gasteiger partial charge in [0.2, 0.25) is 0 Å². The van der Waals surface area contributed by atoms with Crippen LogP contribution in [-0.2, 0) is 6.54 Å². The second-order valence-electron chi connectivity index (χ2n) is 5.79. The molecule has 1 aliphatic rings. The van der Waals surface area contributed by atoms with Gasteiger partial charge in [-0.15, -0.1) is 0 Å². The Morgan fingerprint density at radius 2 is 2.04 bits per heavy atom. The molecule has 0 amide bonds. The third-order valence-corrected chi connectivity index (χ3v) is 5.57. The monoisotopic (exact) mass is 365 g/mol. The first kappa shape index (κ1) is 16.7. The van der Waals surface area contributed by atoms with Crippen LogP contribution in [0.25, 0.3) is 0 Å². The number of nitrogens with one attached hydrogen (secondary N) is 1. The van der Waals surface area contributed by atoms with E-state index in [1.54, 1.807) is 11.3 Å². The van der Waals surface area contributed by atoms with Crippen molar-refractivity contribution in [2.24, 2.45) is 0 Å². The van der Waals surface area contributed by atoms with Gasteiger partial charge in [-0.25, -0.2) is 0 Å². The Labute approximate surface area is 151 Å². The Morgan fingerprint density at radius 1 is 1.26 bits per heavy atom. The third kappa shape index (κ3) is 4.44. The van der Waals surface area contributed by atoms with E-state index < -0.39 is 0 Å². The van der Waals surface area contributed by atoms with E-state index in [-0.39, 0.29) is 0 Å². The lowest BCUT2D eigenvalue weighted by molar-refractivity contribution is 0.177. The minimum atomic E-state index is 0.762. The summed E-state index contributed by atoms with van der Waals surface area (Å²) in [5, 5.41) is 9.19. The number of hydrogen-bond acceptors (Lipinski definition) is 3. The molecule has 6 heteroatoms. The Balaban J connectivity index is 1.50. The van der Waals surface area contributed by atoms with Crippen molar-refractivity contribution < 1.29 is 0 Å². The van der Waals surface area contributed by atoms with Gasteiger partial charge in [0.25, 0.3) is 0 Å². The maximum absolute atomic E-state index is 6.17. The molecule has 0 aliphatic carbocycles. The van der Waals surface area contributed by atoms with E-state index >= 15 is 0 Å². The minimum Gasteiger partial charge on any atom is -0.346 e. The zero-order valence-corrected chi connectivity index (χ0v) is 15.5. The Bertz CT molecular complexity index is 664. The molecule has 23 heavy (non-hydrogen) atoms. The normalized spacial score (nSPS) is 15.7. The van der Waals surface area contributed by atoms with Gasteiger partial charge in [-0.2, -0.15) is 11.3 Å². The molecular formula is C17H20ClN3S2. The first-order valence-corrected chi connectivity index (χ1v) is 9.40. The lowest BCUT2D eigenvalue weighted by Crippen LogP contribution is -2.49. The molecule has 3 nitrogen and oxygen atoms in total. The minimum absolute atomic E-state index is 0.762. The average molecular weight is 366 g/mol. The fourth-order valence-corrected chi connectivity index (χ4v) is 3.76. The highest BCUT2D eigenvalue weighted by atomic mass is 35.5. The van der Waals surface area contributed by atoms with Crippen molar-refractivity contribution in [3.05, 3.63) is 51.2 Å². The number of thiocarbonyl (C=S) groups is 1. The highest BCUT2D eigenvalue weighted by Crippen LogP contribution is 2.20. The van der Waals surface area contributed by atoms with Crippen LogP contribution in [0.15, 0.2) is 35.0 Å². The first-order valence-electron chi connectivity index (χ1n) is 7.67. The molecule has 0 bridgehead atoms. The van der Waals surface area contributed by atoms with Crippen molar-refractivity contribution in [3.63, 3.8) is 0 Å². The van der Waals surface area contributed by atoms with Crippen LogP contribution in [-0.4, -0.2) is 41.1 Å². The first-order chi connectivity index (χ1) is 11.1. The van der Waals surface area contributed by atoms with Crippen LogP contribution in [0.3, 0.4) is 0 Å². The van der Waals surface area contributed by atoms with Gasteiger partial charge in [0.1, 0.15) is 0 Å². The number of aryl methyl sites for hydroxylation is 1. The number of anilines is 1. The van der Waals surface area contributed by atoms with Gasteiger partial charge < -0.3 is 10.2 Å². The summed E-state index contributed by atoms with van der Waals surface area (Å²) < 4.78 is 0. The lowest BCUT2D eigenvalue weighted by Gasteiger charge is -2.36. The van der Waals surface area contributed by atoms with Crippen LogP contribution in [0.1, 0.15) is 11.1 Å². The third-order valence-electron chi connectivity index (χ3n) is 4.07. The van der Waals surface area contributed by atoms with Gasteiger partial charge in [0.15, 0.2) is 5.11 Å². The van der Waals surface area contributed by atoms with Crippen molar-refractivity contribution in [2.45, 2.75) is 13.5 Å². The van der Waals surface area contributed by atoms with Crippen LogP contribution < -0.4 is 5.32 Å². The maximum atomic E-state index is 6.17. The molecular weight excluding hydrogens is 346 g/mol. The molecule has 0 saturated carbocycles. The molecule has 1 fully saturated rings. The predicted molar refractivity (Wildman–Crippen MR) is 104 cm³/mol. The highest BCUT2D eigenvalue weighted by Gasteiger charge is 2.19. The molecule has 2 aromatic rings. The van der Waals surface area contributed by atoms with E-state index in [1.165, 1.54) is 5.56 Å². The van der Waals surface area contributed by atoms with E-state index in [1.807, 2.05) is 25.1 Å². The van der Waals surface area contributed by atoms with E-state index in [4.69, 9.17) is 23.8 Å². The molecule has 1 N–H and O–H groups in total. The summed E-state index contributed by atoms with van der Waals surface area (Å²) in [6.45, 7) is 7.01. The molecule has 0 atom stereocenters. The zero-order valence-electron chi connectivity index (χ0n) is 13.1. The molecule has 0 radical (unpaired) electrons. The molecule has 1 aromatic carbocycles. The summed E-state index contributed by atoms with van der Waals surface area (Å²) in [6.07, 6.45) is 0. The van der Waals surface area contributed by atoms with Crippen LogP contribution >= 0.6 is 35.2 Å². The Hall–Kier alpha value is -1.14. The van der Waals surface area contributed by atoms with Crippen LogP contribution in [0.2, 0.25) is 5.02 Å². The number of hydrogen-bond donors (Lipinski definition) is 1. The second-order valence-corrected chi connectivity index (χ2v) is 7.36. The lowest BCUT2D eigenvalue weighted by atomic mass is 10.2. The van der Waals surface area contributed by atoms with E-state index in [9.17, 15) is 0 Å². The molecule has 1 aromatic heterocycles. The fraction of sp³-hybridized carbons (Fsp3) is 0.353. The number of piperazine rings is 1. The SMILES string of the molecule is Cc1ccc(NC(=S)N2CCN(Cc3ccsc3)CC2)cc1Cl.